The Morgan fingerprint density at radius 1 is 0.700 bits per heavy atom. The number of hydrogen-bond donors (Lipinski definition) is 1. The van der Waals surface area contributed by atoms with Crippen LogP contribution in [0.2, 0.25) is 0 Å². The van der Waals surface area contributed by atoms with Gasteiger partial charge in [-0.05, 0) is 43.0 Å². The molecule has 0 spiro atoms. The van der Waals surface area contributed by atoms with Crippen molar-refractivity contribution in [2.24, 2.45) is 5.92 Å². The number of aliphatic carboxylic acids is 1. The number of carboxylic acid groups (broad SMARTS) is 1. The van der Waals surface area contributed by atoms with Gasteiger partial charge in [-0.3, -0.25) is 4.79 Å². The molecular formula is C35H63NO4. The molecule has 5 heteroatoms. The van der Waals surface area contributed by atoms with Crippen molar-refractivity contribution in [1.29, 1.82) is 0 Å². The number of carboxylic acids is 1. The van der Waals surface area contributed by atoms with E-state index in [0.717, 1.165) is 31.4 Å². The van der Waals surface area contributed by atoms with Crippen LogP contribution in [0.4, 0.5) is 5.69 Å². The Bertz CT molecular complexity index is 717. The Morgan fingerprint density at radius 2 is 1.15 bits per heavy atom. The lowest BCUT2D eigenvalue weighted by Crippen LogP contribution is -2.14. The molecule has 1 unspecified atom stereocenters. The number of hydrogen-bond acceptors (Lipinski definition) is 4. The molecule has 0 aliphatic carbocycles. The Hall–Kier alpha value is -2.04. The fourth-order valence-electron chi connectivity index (χ4n) is 4.72. The molecule has 0 aliphatic heterocycles. The Morgan fingerprint density at radius 3 is 1.55 bits per heavy atom. The number of anilines is 1. The van der Waals surface area contributed by atoms with E-state index in [0.29, 0.717) is 24.5 Å². The van der Waals surface area contributed by atoms with Crippen LogP contribution in [0.25, 0.3) is 0 Å². The van der Waals surface area contributed by atoms with Crippen molar-refractivity contribution in [2.45, 2.75) is 149 Å². The van der Waals surface area contributed by atoms with E-state index in [1.165, 1.54) is 96.3 Å². The first kappa shape index (κ1) is 38.0. The van der Waals surface area contributed by atoms with Gasteiger partial charge in [0.2, 0.25) is 0 Å². The number of unbranched alkanes of at least 4 members (excludes halogenated alkanes) is 15. The van der Waals surface area contributed by atoms with Gasteiger partial charge in [-0.2, -0.15) is 0 Å². The van der Waals surface area contributed by atoms with Crippen LogP contribution in [0, 0.1) is 5.92 Å². The minimum atomic E-state index is -0.653. The molecule has 1 aromatic rings. The van der Waals surface area contributed by atoms with Gasteiger partial charge >= 0.3 is 11.9 Å². The maximum absolute atomic E-state index is 12.0. The maximum atomic E-state index is 12.0. The first-order valence-corrected chi connectivity index (χ1v) is 16.5. The molecule has 40 heavy (non-hydrogen) atoms. The van der Waals surface area contributed by atoms with Crippen LogP contribution in [0.5, 0.6) is 0 Å². The summed E-state index contributed by atoms with van der Waals surface area (Å²) in [5.74, 6) is -0.384. The molecule has 0 saturated carbocycles. The summed E-state index contributed by atoms with van der Waals surface area (Å²) in [5.41, 5.74) is 1.71. The zero-order valence-electron chi connectivity index (χ0n) is 26.9. The van der Waals surface area contributed by atoms with Crippen molar-refractivity contribution in [3.63, 3.8) is 0 Å². The third kappa shape index (κ3) is 22.7. The average molecular weight is 562 g/mol. The molecule has 1 atom stereocenters. The Labute approximate surface area is 247 Å². The van der Waals surface area contributed by atoms with Gasteiger partial charge in [0.25, 0.3) is 0 Å². The number of carbonyl (C=O) groups excluding carboxylic acids is 1. The number of nitrogens with zero attached hydrogens (tertiary/aromatic N) is 1. The highest BCUT2D eigenvalue weighted by Crippen LogP contribution is 2.16. The molecule has 0 amide bonds. The number of ether oxygens (including phenoxy) is 1. The van der Waals surface area contributed by atoms with Crippen LogP contribution < -0.4 is 4.90 Å². The van der Waals surface area contributed by atoms with Gasteiger partial charge in [-0.1, -0.05) is 130 Å². The molecule has 1 rings (SSSR count). The van der Waals surface area contributed by atoms with Crippen molar-refractivity contribution < 1.29 is 19.4 Å². The van der Waals surface area contributed by atoms with Crippen LogP contribution in [-0.2, 0) is 9.53 Å². The van der Waals surface area contributed by atoms with Crippen molar-refractivity contribution in [2.75, 3.05) is 25.6 Å². The van der Waals surface area contributed by atoms with Crippen molar-refractivity contribution in [1.82, 2.24) is 0 Å². The topological polar surface area (TPSA) is 66.8 Å². The van der Waals surface area contributed by atoms with E-state index < -0.39 is 5.97 Å². The Balaban J connectivity index is 0.000000760. The van der Waals surface area contributed by atoms with Crippen molar-refractivity contribution in [3.05, 3.63) is 29.8 Å². The minimum Gasteiger partial charge on any atom is -0.481 e. The van der Waals surface area contributed by atoms with E-state index in [9.17, 15) is 9.59 Å². The highest BCUT2D eigenvalue weighted by molar-refractivity contribution is 5.89. The maximum Gasteiger partial charge on any atom is 0.338 e. The molecule has 1 N–H and O–H groups in total. The second-order valence-electron chi connectivity index (χ2n) is 11.5. The van der Waals surface area contributed by atoms with E-state index in [2.05, 4.69) is 20.8 Å². The van der Waals surface area contributed by atoms with E-state index in [1.807, 2.05) is 43.3 Å². The lowest BCUT2D eigenvalue weighted by Gasteiger charge is -2.15. The number of rotatable bonds is 24. The SMILES string of the molecule is CCCCC(CC)COC(=O)c1ccc(N(C)C)cc1.CCCCCCCCCCCCCCCCCC(=O)O. The molecule has 5 nitrogen and oxygen atoms in total. The van der Waals surface area contributed by atoms with Crippen LogP contribution in [-0.4, -0.2) is 37.7 Å². The van der Waals surface area contributed by atoms with E-state index in [4.69, 9.17) is 9.84 Å². The second kappa shape index (κ2) is 27.1. The van der Waals surface area contributed by atoms with Crippen LogP contribution >= 0.6 is 0 Å². The second-order valence-corrected chi connectivity index (χ2v) is 11.5. The molecule has 0 saturated heterocycles. The average Bonchev–Trinajstić information content (AvgIpc) is 2.95. The lowest BCUT2D eigenvalue weighted by atomic mass is 10.0. The highest BCUT2D eigenvalue weighted by Gasteiger charge is 2.12. The predicted octanol–water partition coefficient (Wildman–Crippen LogP) is 10.5. The third-order valence-corrected chi connectivity index (χ3v) is 7.61. The number of carbonyl (C=O) groups is 2. The van der Waals surface area contributed by atoms with E-state index in [1.54, 1.807) is 0 Å². The van der Waals surface area contributed by atoms with Gasteiger partial charge in [-0.15, -0.1) is 0 Å². The summed E-state index contributed by atoms with van der Waals surface area (Å²) in [4.78, 5) is 24.3. The Kier molecular flexibility index (Phi) is 25.8. The van der Waals surface area contributed by atoms with Gasteiger partial charge in [0.15, 0.2) is 0 Å². The van der Waals surface area contributed by atoms with Crippen LogP contribution in [0.1, 0.15) is 160 Å². The number of benzene rings is 1. The quantitative estimate of drug-likeness (QED) is 0.100. The van der Waals surface area contributed by atoms with Crippen molar-refractivity contribution in [3.8, 4) is 0 Å². The molecule has 1 aromatic carbocycles. The summed E-state index contributed by atoms with van der Waals surface area (Å²) in [6.07, 6.45) is 24.8. The standard InChI is InChI=1S/C18H36O2.C17H27NO2/c1-2-3-4-5-6-7-8-9-10-11-12-13-14-15-16-17-18(19)20;1-5-7-8-14(6-2)13-20-17(19)15-9-11-16(12-10-15)18(3)4/h2-17H2,1H3,(H,19,20);9-12,14H,5-8,13H2,1-4H3. The lowest BCUT2D eigenvalue weighted by molar-refractivity contribution is -0.137. The summed E-state index contributed by atoms with van der Waals surface area (Å²) in [5, 5.41) is 8.52. The van der Waals surface area contributed by atoms with Gasteiger partial charge in [0, 0.05) is 26.2 Å². The summed E-state index contributed by atoms with van der Waals surface area (Å²) in [6, 6.07) is 7.52. The van der Waals surface area contributed by atoms with Gasteiger partial charge in [0.05, 0.1) is 12.2 Å². The predicted molar refractivity (Wildman–Crippen MR) is 172 cm³/mol. The zero-order chi connectivity index (χ0) is 29.8. The smallest absolute Gasteiger partial charge is 0.338 e. The first-order chi connectivity index (χ1) is 19.3. The summed E-state index contributed by atoms with van der Waals surface area (Å²) >= 11 is 0. The van der Waals surface area contributed by atoms with Crippen LogP contribution in [0.3, 0.4) is 0 Å². The van der Waals surface area contributed by atoms with Gasteiger partial charge in [0.1, 0.15) is 0 Å². The molecule has 0 aliphatic rings. The molecule has 232 valence electrons. The van der Waals surface area contributed by atoms with Crippen molar-refractivity contribution >= 4 is 17.6 Å². The van der Waals surface area contributed by atoms with Gasteiger partial charge < -0.3 is 14.7 Å². The van der Waals surface area contributed by atoms with E-state index in [-0.39, 0.29) is 5.97 Å². The van der Waals surface area contributed by atoms with Crippen LogP contribution in [0.15, 0.2) is 24.3 Å². The number of esters is 1. The minimum absolute atomic E-state index is 0.217. The third-order valence-electron chi connectivity index (χ3n) is 7.61. The first-order valence-electron chi connectivity index (χ1n) is 16.5. The molecule has 0 fully saturated rings. The molecule has 0 heterocycles. The molecular weight excluding hydrogens is 498 g/mol. The molecule has 0 aromatic heterocycles. The monoisotopic (exact) mass is 561 g/mol. The zero-order valence-corrected chi connectivity index (χ0v) is 26.9. The fraction of sp³-hybridized carbons (Fsp3) is 0.771. The summed E-state index contributed by atoms with van der Waals surface area (Å²) in [7, 11) is 3.96. The highest BCUT2D eigenvalue weighted by atomic mass is 16.5. The molecule has 0 bridgehead atoms. The molecule has 0 radical (unpaired) electrons. The largest absolute Gasteiger partial charge is 0.481 e. The van der Waals surface area contributed by atoms with E-state index >= 15 is 0 Å². The normalized spacial score (nSPS) is 11.4. The fourth-order valence-corrected chi connectivity index (χ4v) is 4.72. The summed E-state index contributed by atoms with van der Waals surface area (Å²) in [6.45, 7) is 7.14. The summed E-state index contributed by atoms with van der Waals surface area (Å²) < 4.78 is 5.43. The van der Waals surface area contributed by atoms with Gasteiger partial charge in [-0.25, -0.2) is 4.79 Å².